The number of aryl methyl sites for hydroxylation is 1. The van der Waals surface area contributed by atoms with Crippen LogP contribution in [0.15, 0.2) is 47.5 Å². The van der Waals surface area contributed by atoms with Crippen molar-refractivity contribution in [2.45, 2.75) is 25.4 Å². The SMILES string of the molecule is COc1ccc(C(=O)N2CCC3(CC2)N=C(c2ccc(C)cc2)C(=O)N3)c(OC)c1. The van der Waals surface area contributed by atoms with E-state index in [0.717, 1.165) is 11.1 Å². The van der Waals surface area contributed by atoms with E-state index in [0.29, 0.717) is 48.7 Å². The molecule has 2 heterocycles. The van der Waals surface area contributed by atoms with Crippen LogP contribution >= 0.6 is 0 Å². The molecule has 0 bridgehead atoms. The number of aliphatic imine (C=N–C) groups is 1. The largest absolute Gasteiger partial charge is 0.497 e. The van der Waals surface area contributed by atoms with Crippen molar-refractivity contribution in [1.29, 1.82) is 0 Å². The van der Waals surface area contributed by atoms with E-state index < -0.39 is 5.66 Å². The number of nitrogens with zero attached hydrogens (tertiary/aromatic N) is 2. The molecule has 0 saturated carbocycles. The molecule has 2 aliphatic rings. The zero-order valence-corrected chi connectivity index (χ0v) is 17.4. The highest BCUT2D eigenvalue weighted by molar-refractivity contribution is 6.46. The van der Waals surface area contributed by atoms with Gasteiger partial charge in [0.2, 0.25) is 0 Å². The minimum atomic E-state index is -0.641. The second-order valence-electron chi connectivity index (χ2n) is 7.67. The molecule has 1 N–H and O–H groups in total. The van der Waals surface area contributed by atoms with E-state index in [1.54, 1.807) is 30.2 Å². The van der Waals surface area contributed by atoms with Crippen LogP contribution in [0.4, 0.5) is 0 Å². The number of likely N-dealkylation sites (tertiary alicyclic amines) is 1. The number of hydrogen-bond donors (Lipinski definition) is 1. The van der Waals surface area contributed by atoms with Gasteiger partial charge in [-0.1, -0.05) is 29.8 Å². The van der Waals surface area contributed by atoms with E-state index in [2.05, 4.69) is 5.32 Å². The lowest BCUT2D eigenvalue weighted by Crippen LogP contribution is -2.52. The highest BCUT2D eigenvalue weighted by Crippen LogP contribution is 2.31. The number of carbonyl (C=O) groups is 2. The van der Waals surface area contributed by atoms with Crippen molar-refractivity contribution in [1.82, 2.24) is 10.2 Å². The summed E-state index contributed by atoms with van der Waals surface area (Å²) in [5.41, 5.74) is 2.27. The number of rotatable bonds is 4. The van der Waals surface area contributed by atoms with E-state index in [1.807, 2.05) is 31.2 Å². The Bertz CT molecular complexity index is 1010. The van der Waals surface area contributed by atoms with Crippen LogP contribution in [0.5, 0.6) is 11.5 Å². The van der Waals surface area contributed by atoms with Crippen molar-refractivity contribution >= 4 is 17.5 Å². The van der Waals surface area contributed by atoms with Gasteiger partial charge in [0.1, 0.15) is 22.9 Å². The zero-order valence-electron chi connectivity index (χ0n) is 17.4. The van der Waals surface area contributed by atoms with Crippen molar-refractivity contribution in [3.8, 4) is 11.5 Å². The normalized spacial score (nSPS) is 17.5. The molecule has 2 aromatic carbocycles. The second-order valence-corrected chi connectivity index (χ2v) is 7.67. The molecule has 30 heavy (non-hydrogen) atoms. The summed E-state index contributed by atoms with van der Waals surface area (Å²) in [5, 5.41) is 3.05. The molecular weight excluding hydrogens is 382 g/mol. The van der Waals surface area contributed by atoms with Gasteiger partial charge in [-0.25, -0.2) is 0 Å². The van der Waals surface area contributed by atoms with Crippen molar-refractivity contribution in [3.63, 3.8) is 0 Å². The molecule has 7 heteroatoms. The van der Waals surface area contributed by atoms with E-state index in [-0.39, 0.29) is 11.8 Å². The Labute approximate surface area is 175 Å². The van der Waals surface area contributed by atoms with Crippen molar-refractivity contribution in [2.24, 2.45) is 4.99 Å². The van der Waals surface area contributed by atoms with E-state index in [4.69, 9.17) is 14.5 Å². The third-order valence-electron chi connectivity index (χ3n) is 5.73. The van der Waals surface area contributed by atoms with Gasteiger partial charge < -0.3 is 19.7 Å². The van der Waals surface area contributed by atoms with Gasteiger partial charge in [-0.2, -0.15) is 0 Å². The Kier molecular flexibility index (Phi) is 5.20. The molecule has 1 saturated heterocycles. The molecule has 0 atom stereocenters. The number of carbonyl (C=O) groups excluding carboxylic acids is 2. The maximum Gasteiger partial charge on any atom is 0.272 e. The average Bonchev–Trinajstić information content (AvgIpc) is 3.09. The van der Waals surface area contributed by atoms with Crippen LogP contribution in [-0.2, 0) is 4.79 Å². The summed E-state index contributed by atoms with van der Waals surface area (Å²) < 4.78 is 10.6. The number of ether oxygens (including phenoxy) is 2. The molecule has 4 rings (SSSR count). The lowest BCUT2D eigenvalue weighted by Gasteiger charge is -2.37. The molecule has 2 aromatic rings. The van der Waals surface area contributed by atoms with Gasteiger partial charge in [0.25, 0.3) is 11.8 Å². The molecule has 156 valence electrons. The summed E-state index contributed by atoms with van der Waals surface area (Å²) in [7, 11) is 3.10. The molecule has 1 fully saturated rings. The monoisotopic (exact) mass is 407 g/mol. The number of nitrogens with one attached hydrogen (secondary N) is 1. The van der Waals surface area contributed by atoms with Crippen molar-refractivity contribution in [3.05, 3.63) is 59.2 Å². The number of benzene rings is 2. The quantitative estimate of drug-likeness (QED) is 0.845. The molecule has 0 unspecified atom stereocenters. The van der Waals surface area contributed by atoms with Crippen LogP contribution in [0.25, 0.3) is 0 Å². The van der Waals surface area contributed by atoms with Crippen molar-refractivity contribution in [2.75, 3.05) is 27.3 Å². The zero-order chi connectivity index (χ0) is 21.3. The third-order valence-corrected chi connectivity index (χ3v) is 5.73. The van der Waals surface area contributed by atoms with Crippen LogP contribution in [0, 0.1) is 6.92 Å². The van der Waals surface area contributed by atoms with Crippen LogP contribution < -0.4 is 14.8 Å². The van der Waals surface area contributed by atoms with Gasteiger partial charge in [-0.3, -0.25) is 14.6 Å². The topological polar surface area (TPSA) is 80.2 Å². The van der Waals surface area contributed by atoms with Gasteiger partial charge in [-0.05, 0) is 19.1 Å². The predicted octanol–water partition coefficient (Wildman–Crippen LogP) is 2.56. The average molecular weight is 407 g/mol. The Morgan fingerprint density at radius 3 is 2.40 bits per heavy atom. The van der Waals surface area contributed by atoms with E-state index in [1.165, 1.54) is 7.11 Å². The second kappa shape index (κ2) is 7.82. The molecule has 0 radical (unpaired) electrons. The number of methoxy groups -OCH3 is 2. The molecule has 0 aromatic heterocycles. The summed E-state index contributed by atoms with van der Waals surface area (Å²) in [6, 6.07) is 12.9. The van der Waals surface area contributed by atoms with E-state index in [9.17, 15) is 9.59 Å². The summed E-state index contributed by atoms with van der Waals surface area (Å²) in [4.78, 5) is 32.1. The first kappa shape index (κ1) is 19.9. The first-order valence-electron chi connectivity index (χ1n) is 9.95. The highest BCUT2D eigenvalue weighted by atomic mass is 16.5. The van der Waals surface area contributed by atoms with E-state index >= 15 is 0 Å². The van der Waals surface area contributed by atoms with Gasteiger partial charge >= 0.3 is 0 Å². The standard InChI is InChI=1S/C23H25N3O4/c1-15-4-6-16(7-5-15)20-21(27)25-23(24-20)10-12-26(13-11-23)22(28)18-9-8-17(29-2)14-19(18)30-3/h4-9,14H,10-13H2,1-3H3,(H,25,27). The molecule has 7 nitrogen and oxygen atoms in total. The van der Waals surface area contributed by atoms with Gasteiger partial charge in [0, 0.05) is 37.6 Å². The molecule has 0 aliphatic carbocycles. The van der Waals surface area contributed by atoms with Crippen LogP contribution in [-0.4, -0.2) is 55.4 Å². The van der Waals surface area contributed by atoms with Crippen molar-refractivity contribution < 1.29 is 19.1 Å². The predicted molar refractivity (Wildman–Crippen MR) is 113 cm³/mol. The minimum Gasteiger partial charge on any atom is -0.497 e. The summed E-state index contributed by atoms with van der Waals surface area (Å²) in [6.45, 7) is 3.00. The Hall–Kier alpha value is -3.35. The number of hydrogen-bond acceptors (Lipinski definition) is 5. The number of amides is 2. The summed E-state index contributed by atoms with van der Waals surface area (Å²) in [5.74, 6) is 0.855. The van der Waals surface area contributed by atoms with Gasteiger partial charge in [0.15, 0.2) is 0 Å². The molecular formula is C23H25N3O4. The first-order valence-corrected chi connectivity index (χ1v) is 9.95. The lowest BCUT2D eigenvalue weighted by molar-refractivity contribution is -0.115. The fourth-order valence-corrected chi connectivity index (χ4v) is 3.93. The fourth-order valence-electron chi connectivity index (χ4n) is 3.93. The summed E-state index contributed by atoms with van der Waals surface area (Å²) in [6.07, 6.45) is 1.14. The molecule has 2 amide bonds. The van der Waals surface area contributed by atoms with Crippen LogP contribution in [0.1, 0.15) is 34.3 Å². The smallest absolute Gasteiger partial charge is 0.272 e. The minimum absolute atomic E-state index is 0.101. The maximum absolute atomic E-state index is 13.0. The Balaban J connectivity index is 1.49. The van der Waals surface area contributed by atoms with Gasteiger partial charge in [0.05, 0.1) is 19.8 Å². The van der Waals surface area contributed by atoms with Crippen LogP contribution in [0.2, 0.25) is 0 Å². The summed E-state index contributed by atoms with van der Waals surface area (Å²) >= 11 is 0. The maximum atomic E-state index is 13.0. The molecule has 2 aliphatic heterocycles. The lowest BCUT2D eigenvalue weighted by atomic mass is 9.97. The fraction of sp³-hybridized carbons (Fsp3) is 0.348. The Morgan fingerprint density at radius 1 is 1.07 bits per heavy atom. The molecule has 1 spiro atoms. The highest BCUT2D eigenvalue weighted by Gasteiger charge is 2.43. The number of piperidine rings is 1. The van der Waals surface area contributed by atoms with Gasteiger partial charge in [-0.15, -0.1) is 0 Å². The Morgan fingerprint density at radius 2 is 1.77 bits per heavy atom. The van der Waals surface area contributed by atoms with Crippen LogP contribution in [0.3, 0.4) is 0 Å². The third kappa shape index (κ3) is 3.63. The first-order chi connectivity index (χ1) is 14.4.